The molecule has 9 N–H and O–H groups in total. The number of rotatable bonds is 4. The van der Waals surface area contributed by atoms with Gasteiger partial charge in [0.15, 0.2) is 0 Å². The molecule has 0 aliphatic carbocycles. The lowest BCUT2D eigenvalue weighted by Crippen LogP contribution is -2.54. The maximum absolute atomic E-state index is 6.19. The smallest absolute Gasteiger partial charge is 0.233 e. The summed E-state index contributed by atoms with van der Waals surface area (Å²) in [5.74, 6) is 1.56. The van der Waals surface area contributed by atoms with Crippen molar-refractivity contribution >= 4 is 39.5 Å². The second-order valence-electron chi connectivity index (χ2n) is 8.22. The van der Waals surface area contributed by atoms with Crippen molar-refractivity contribution in [1.82, 2.24) is 15.0 Å². The van der Waals surface area contributed by atoms with E-state index in [1.54, 1.807) is 0 Å². The van der Waals surface area contributed by atoms with E-state index >= 15 is 0 Å². The Balaban J connectivity index is 1.68. The summed E-state index contributed by atoms with van der Waals surface area (Å²) < 4.78 is 0.961. The van der Waals surface area contributed by atoms with Crippen LogP contribution in [0.25, 0.3) is 0 Å². The van der Waals surface area contributed by atoms with Gasteiger partial charge in [-0.05, 0) is 31.0 Å². The highest BCUT2D eigenvalue weighted by molar-refractivity contribution is 9.10. The van der Waals surface area contributed by atoms with Crippen LogP contribution < -0.4 is 38.1 Å². The van der Waals surface area contributed by atoms with Gasteiger partial charge in [0.2, 0.25) is 17.8 Å². The summed E-state index contributed by atoms with van der Waals surface area (Å²) in [6, 6.07) is 7.73. The van der Waals surface area contributed by atoms with Crippen LogP contribution in [0.15, 0.2) is 28.7 Å². The zero-order valence-corrected chi connectivity index (χ0v) is 18.4. The SMILES string of the molecule is NC1CC(N)CN(c2nc(Nc3cccc(Br)c3)nc(N3CC(N)CC(N)C3)n2)C1. The maximum Gasteiger partial charge on any atom is 0.233 e. The predicted octanol–water partition coefficient (Wildman–Crippen LogP) is 0.107. The number of nitrogens with zero attached hydrogens (tertiary/aromatic N) is 5. The summed E-state index contributed by atoms with van der Waals surface area (Å²) in [6.45, 7) is 2.58. The van der Waals surface area contributed by atoms with Crippen molar-refractivity contribution < 1.29 is 0 Å². The van der Waals surface area contributed by atoms with Crippen LogP contribution >= 0.6 is 15.9 Å². The fraction of sp³-hybridized carbons (Fsp3) is 0.526. The molecule has 0 saturated carbocycles. The minimum atomic E-state index is -0.0210. The normalized spacial score (nSPS) is 27.2. The lowest BCUT2D eigenvalue weighted by atomic mass is 10.0. The second kappa shape index (κ2) is 8.98. The Bertz CT molecular complexity index is 816. The molecule has 11 heteroatoms. The fourth-order valence-electron chi connectivity index (χ4n) is 4.07. The van der Waals surface area contributed by atoms with Gasteiger partial charge in [0, 0.05) is 60.5 Å². The van der Waals surface area contributed by atoms with Crippen LogP contribution in [0.5, 0.6) is 0 Å². The number of nitrogens with one attached hydrogen (secondary N) is 1. The Morgan fingerprint density at radius 1 is 0.800 bits per heavy atom. The Morgan fingerprint density at radius 2 is 1.30 bits per heavy atom. The third kappa shape index (κ3) is 5.16. The molecule has 2 aromatic rings. The molecule has 4 unspecified atom stereocenters. The average molecular weight is 477 g/mol. The molecule has 0 bridgehead atoms. The maximum atomic E-state index is 6.19. The quantitative estimate of drug-likeness (QED) is 0.409. The van der Waals surface area contributed by atoms with Crippen LogP contribution in [0, 0.1) is 0 Å². The van der Waals surface area contributed by atoms with E-state index in [9.17, 15) is 0 Å². The van der Waals surface area contributed by atoms with Crippen LogP contribution in [0.4, 0.5) is 23.5 Å². The topological polar surface area (TPSA) is 161 Å². The van der Waals surface area contributed by atoms with E-state index in [1.165, 1.54) is 0 Å². The first-order chi connectivity index (χ1) is 14.4. The molecule has 3 heterocycles. The van der Waals surface area contributed by atoms with E-state index < -0.39 is 0 Å². The molecule has 0 spiro atoms. The molecule has 2 aliphatic rings. The lowest BCUT2D eigenvalue weighted by molar-refractivity contribution is 0.441. The predicted molar refractivity (Wildman–Crippen MR) is 123 cm³/mol. The molecular formula is C19H29BrN10. The van der Waals surface area contributed by atoms with Gasteiger partial charge in [0.25, 0.3) is 0 Å². The van der Waals surface area contributed by atoms with E-state index in [0.29, 0.717) is 44.0 Å². The molecule has 4 rings (SSSR count). The standard InChI is InChI=1S/C19H29BrN10/c20-11-2-1-3-16(4-11)25-17-26-18(29-7-12(21)5-13(22)8-29)28-19(27-17)30-9-14(23)6-15(24)10-30/h1-4,12-15H,5-10,21-24H2,(H,25,26,27,28). The molecule has 10 nitrogen and oxygen atoms in total. The minimum absolute atomic E-state index is 0.0210. The van der Waals surface area contributed by atoms with Gasteiger partial charge in [0.05, 0.1) is 0 Å². The highest BCUT2D eigenvalue weighted by atomic mass is 79.9. The summed E-state index contributed by atoms with van der Waals surface area (Å²) in [7, 11) is 0. The van der Waals surface area contributed by atoms with Gasteiger partial charge in [-0.25, -0.2) is 0 Å². The monoisotopic (exact) mass is 476 g/mol. The molecule has 0 radical (unpaired) electrons. The number of benzene rings is 1. The lowest BCUT2D eigenvalue weighted by Gasteiger charge is -2.37. The van der Waals surface area contributed by atoms with E-state index in [1.807, 2.05) is 34.1 Å². The Hall–Kier alpha value is -2.05. The first kappa shape index (κ1) is 21.2. The first-order valence-corrected chi connectivity index (χ1v) is 11.0. The average Bonchev–Trinajstić information content (AvgIpc) is 2.66. The van der Waals surface area contributed by atoms with Crippen LogP contribution in [0.3, 0.4) is 0 Å². The molecular weight excluding hydrogens is 448 g/mol. The highest BCUT2D eigenvalue weighted by Gasteiger charge is 2.28. The molecule has 4 atom stereocenters. The van der Waals surface area contributed by atoms with Gasteiger partial charge < -0.3 is 38.1 Å². The molecule has 162 valence electrons. The third-order valence-corrected chi connectivity index (χ3v) is 5.78. The van der Waals surface area contributed by atoms with Gasteiger partial charge in [-0.2, -0.15) is 15.0 Å². The molecule has 2 aliphatic heterocycles. The van der Waals surface area contributed by atoms with E-state index in [-0.39, 0.29) is 24.2 Å². The number of nitrogens with two attached hydrogens (primary N) is 4. The van der Waals surface area contributed by atoms with E-state index in [4.69, 9.17) is 27.9 Å². The molecule has 2 saturated heterocycles. The third-order valence-electron chi connectivity index (χ3n) is 5.29. The van der Waals surface area contributed by atoms with Gasteiger partial charge in [-0.1, -0.05) is 22.0 Å². The fourth-order valence-corrected chi connectivity index (χ4v) is 4.47. The Morgan fingerprint density at radius 3 is 1.77 bits per heavy atom. The molecule has 1 aromatic heterocycles. The number of hydrogen-bond donors (Lipinski definition) is 5. The Labute approximate surface area is 184 Å². The number of halogens is 1. The van der Waals surface area contributed by atoms with Gasteiger partial charge >= 0.3 is 0 Å². The van der Waals surface area contributed by atoms with Crippen molar-refractivity contribution in [2.75, 3.05) is 41.3 Å². The zero-order valence-electron chi connectivity index (χ0n) is 16.8. The summed E-state index contributed by atoms with van der Waals surface area (Å²) in [5.41, 5.74) is 25.6. The van der Waals surface area contributed by atoms with Crippen LogP contribution in [-0.4, -0.2) is 65.3 Å². The van der Waals surface area contributed by atoms with E-state index in [0.717, 1.165) is 23.0 Å². The molecule has 2 fully saturated rings. The van der Waals surface area contributed by atoms with Gasteiger partial charge in [-0.15, -0.1) is 0 Å². The van der Waals surface area contributed by atoms with Crippen molar-refractivity contribution in [2.24, 2.45) is 22.9 Å². The van der Waals surface area contributed by atoms with Gasteiger partial charge in [-0.3, -0.25) is 0 Å². The summed E-state index contributed by atoms with van der Waals surface area (Å²) in [5, 5.41) is 3.28. The summed E-state index contributed by atoms with van der Waals surface area (Å²) in [6.07, 6.45) is 1.57. The second-order valence-corrected chi connectivity index (χ2v) is 9.13. The van der Waals surface area contributed by atoms with Crippen LogP contribution in [0.1, 0.15) is 12.8 Å². The molecule has 1 aromatic carbocycles. The van der Waals surface area contributed by atoms with Crippen molar-refractivity contribution in [3.05, 3.63) is 28.7 Å². The Kier molecular flexibility index (Phi) is 6.34. The zero-order chi connectivity index (χ0) is 21.3. The summed E-state index contributed by atoms with van der Waals surface area (Å²) in [4.78, 5) is 18.1. The number of piperidine rings is 2. The van der Waals surface area contributed by atoms with Crippen LogP contribution in [0.2, 0.25) is 0 Å². The molecule has 0 amide bonds. The number of hydrogen-bond acceptors (Lipinski definition) is 10. The van der Waals surface area contributed by atoms with Crippen molar-refractivity contribution in [3.63, 3.8) is 0 Å². The first-order valence-electron chi connectivity index (χ1n) is 10.2. The minimum Gasteiger partial charge on any atom is -0.338 e. The van der Waals surface area contributed by atoms with Crippen molar-refractivity contribution in [3.8, 4) is 0 Å². The number of anilines is 4. The number of aromatic nitrogens is 3. The highest BCUT2D eigenvalue weighted by Crippen LogP contribution is 2.24. The van der Waals surface area contributed by atoms with Crippen molar-refractivity contribution in [2.45, 2.75) is 37.0 Å². The van der Waals surface area contributed by atoms with E-state index in [2.05, 4.69) is 31.2 Å². The van der Waals surface area contributed by atoms with Crippen molar-refractivity contribution in [1.29, 1.82) is 0 Å². The largest absolute Gasteiger partial charge is 0.338 e. The van der Waals surface area contributed by atoms with Crippen LogP contribution in [-0.2, 0) is 0 Å². The molecule has 30 heavy (non-hydrogen) atoms. The van der Waals surface area contributed by atoms with Gasteiger partial charge in [0.1, 0.15) is 0 Å². The summed E-state index contributed by atoms with van der Waals surface area (Å²) >= 11 is 3.49.